The highest BCUT2D eigenvalue weighted by atomic mass is 16.5. The molecule has 0 aromatic heterocycles. The van der Waals surface area contributed by atoms with Gasteiger partial charge in [-0.3, -0.25) is 0 Å². The zero-order chi connectivity index (χ0) is 9.40. The largest absolute Gasteiger partial charge is 0.462 e. The van der Waals surface area contributed by atoms with Gasteiger partial charge in [0.15, 0.2) is 0 Å². The monoisotopic (exact) mass is 167 g/mol. The van der Waals surface area contributed by atoms with E-state index in [1.54, 1.807) is 13.0 Å². The van der Waals surface area contributed by atoms with Crippen molar-refractivity contribution in [2.24, 2.45) is 0 Å². The fourth-order valence-electron chi connectivity index (χ4n) is 0.579. The average molecular weight is 167 g/mol. The van der Waals surface area contributed by atoms with Gasteiger partial charge in [-0.2, -0.15) is 5.26 Å². The molecule has 0 N–H and O–H groups in total. The van der Waals surface area contributed by atoms with Crippen molar-refractivity contribution in [1.82, 2.24) is 0 Å². The topological polar surface area (TPSA) is 50.1 Å². The number of carbonyl (C=O) groups is 1. The lowest BCUT2D eigenvalue weighted by Gasteiger charge is -2.01. The maximum atomic E-state index is 11.0. The van der Waals surface area contributed by atoms with E-state index in [9.17, 15) is 4.79 Å². The Balaban J connectivity index is 3.74. The van der Waals surface area contributed by atoms with Gasteiger partial charge in [0.1, 0.15) is 0 Å². The Morgan fingerprint density at radius 3 is 2.83 bits per heavy atom. The highest BCUT2D eigenvalue weighted by molar-refractivity contribution is 5.88. The summed E-state index contributed by atoms with van der Waals surface area (Å²) in [6, 6.07) is 1.78. The number of rotatable bonds is 4. The molecular formula is C9H13NO2. The molecule has 0 amide bonds. The zero-order valence-electron chi connectivity index (χ0n) is 7.46. The van der Waals surface area contributed by atoms with Crippen LogP contribution in [-0.4, -0.2) is 12.6 Å². The van der Waals surface area contributed by atoms with E-state index in [-0.39, 0.29) is 0 Å². The third-order valence-electron chi connectivity index (χ3n) is 1.33. The molecule has 0 saturated carbocycles. The second kappa shape index (κ2) is 6.41. The van der Waals surface area contributed by atoms with Crippen LogP contribution in [0, 0.1) is 11.3 Å². The van der Waals surface area contributed by atoms with Gasteiger partial charge in [0, 0.05) is 11.6 Å². The van der Waals surface area contributed by atoms with Gasteiger partial charge in [-0.05, 0) is 13.3 Å². The molecule has 0 radical (unpaired) electrons. The predicted molar refractivity (Wildman–Crippen MR) is 45.2 cm³/mol. The van der Waals surface area contributed by atoms with Crippen molar-refractivity contribution in [2.75, 3.05) is 6.61 Å². The molecule has 3 heteroatoms. The second-order valence-corrected chi connectivity index (χ2v) is 2.45. The summed E-state index contributed by atoms with van der Waals surface area (Å²) in [5.41, 5.74) is 0.355. The van der Waals surface area contributed by atoms with Gasteiger partial charge in [-0.15, -0.1) is 0 Å². The number of hydrogen-bond donors (Lipinski definition) is 0. The lowest BCUT2D eigenvalue weighted by atomic mass is 10.3. The lowest BCUT2D eigenvalue weighted by molar-refractivity contribution is -0.139. The third kappa shape index (κ3) is 4.51. The molecule has 0 saturated heterocycles. The maximum Gasteiger partial charge on any atom is 0.334 e. The number of nitrogens with zero attached hydrogens (tertiary/aromatic N) is 1. The maximum absolute atomic E-state index is 11.0. The van der Waals surface area contributed by atoms with E-state index in [1.165, 1.54) is 6.08 Å². The van der Waals surface area contributed by atoms with E-state index < -0.39 is 5.97 Å². The minimum absolute atomic E-state index is 0.355. The first-order valence-electron chi connectivity index (χ1n) is 3.95. The van der Waals surface area contributed by atoms with E-state index in [4.69, 9.17) is 10.00 Å². The van der Waals surface area contributed by atoms with E-state index in [1.807, 2.05) is 6.92 Å². The van der Waals surface area contributed by atoms with Crippen molar-refractivity contribution in [3.05, 3.63) is 11.6 Å². The van der Waals surface area contributed by atoms with Crippen LogP contribution >= 0.6 is 0 Å². The number of nitriles is 1. The first-order chi connectivity index (χ1) is 5.72. The zero-order valence-corrected chi connectivity index (χ0v) is 7.46. The standard InChI is InChI=1S/C9H13NO2/c1-3-4-7-12-9(11)8(2)5-6-10/h5H,3-4,7H2,1-2H3. The predicted octanol–water partition coefficient (Wildman–Crippen LogP) is 1.80. The second-order valence-electron chi connectivity index (χ2n) is 2.45. The third-order valence-corrected chi connectivity index (χ3v) is 1.33. The molecule has 0 atom stereocenters. The van der Waals surface area contributed by atoms with Gasteiger partial charge in [0.2, 0.25) is 0 Å². The highest BCUT2D eigenvalue weighted by Crippen LogP contribution is 1.97. The van der Waals surface area contributed by atoms with Gasteiger partial charge in [0.25, 0.3) is 0 Å². The Labute approximate surface area is 72.6 Å². The number of ether oxygens (including phenoxy) is 1. The SMILES string of the molecule is CCCCOC(=O)C(C)=CC#N. The molecule has 0 bridgehead atoms. The number of carbonyl (C=O) groups excluding carboxylic acids is 1. The van der Waals surface area contributed by atoms with Crippen LogP contribution in [0.4, 0.5) is 0 Å². The van der Waals surface area contributed by atoms with Crippen molar-refractivity contribution in [1.29, 1.82) is 5.26 Å². The van der Waals surface area contributed by atoms with Crippen LogP contribution in [0.25, 0.3) is 0 Å². The summed E-state index contributed by atoms with van der Waals surface area (Å²) in [7, 11) is 0. The van der Waals surface area contributed by atoms with E-state index in [0.29, 0.717) is 12.2 Å². The first-order valence-corrected chi connectivity index (χ1v) is 3.95. The Morgan fingerprint density at radius 2 is 2.33 bits per heavy atom. The molecule has 3 nitrogen and oxygen atoms in total. The molecular weight excluding hydrogens is 154 g/mol. The van der Waals surface area contributed by atoms with Crippen molar-refractivity contribution in [3.63, 3.8) is 0 Å². The van der Waals surface area contributed by atoms with Gasteiger partial charge < -0.3 is 4.74 Å². The Bertz CT molecular complexity index is 213. The fraction of sp³-hybridized carbons (Fsp3) is 0.556. The van der Waals surface area contributed by atoms with E-state index >= 15 is 0 Å². The van der Waals surface area contributed by atoms with Gasteiger partial charge in [-0.1, -0.05) is 13.3 Å². The smallest absolute Gasteiger partial charge is 0.334 e. The van der Waals surface area contributed by atoms with Crippen LogP contribution in [0.3, 0.4) is 0 Å². The molecule has 0 aliphatic carbocycles. The van der Waals surface area contributed by atoms with Crippen LogP contribution in [-0.2, 0) is 9.53 Å². The van der Waals surface area contributed by atoms with Crippen molar-refractivity contribution in [2.45, 2.75) is 26.7 Å². The summed E-state index contributed by atoms with van der Waals surface area (Å²) in [5, 5.41) is 8.22. The van der Waals surface area contributed by atoms with Crippen molar-refractivity contribution < 1.29 is 9.53 Å². The number of esters is 1. The average Bonchev–Trinajstić information content (AvgIpc) is 2.05. The molecule has 0 heterocycles. The molecule has 0 aliphatic heterocycles. The summed E-state index contributed by atoms with van der Waals surface area (Å²) in [6.45, 7) is 4.02. The quantitative estimate of drug-likeness (QED) is 0.277. The van der Waals surface area contributed by atoms with Gasteiger partial charge in [0.05, 0.1) is 12.7 Å². The fourth-order valence-corrected chi connectivity index (χ4v) is 0.579. The van der Waals surface area contributed by atoms with Crippen molar-refractivity contribution >= 4 is 5.97 Å². The normalized spacial score (nSPS) is 10.6. The molecule has 0 unspecified atom stereocenters. The molecule has 0 aromatic carbocycles. The molecule has 12 heavy (non-hydrogen) atoms. The van der Waals surface area contributed by atoms with Crippen LogP contribution in [0.2, 0.25) is 0 Å². The Kier molecular flexibility index (Phi) is 5.72. The number of allylic oxidation sites excluding steroid dienone is 1. The Hall–Kier alpha value is -1.30. The number of unbranched alkanes of at least 4 members (excludes halogenated alkanes) is 1. The summed E-state index contributed by atoms with van der Waals surface area (Å²) in [6.07, 6.45) is 3.05. The minimum atomic E-state index is -0.398. The van der Waals surface area contributed by atoms with Crippen molar-refractivity contribution in [3.8, 4) is 6.07 Å². The van der Waals surface area contributed by atoms with E-state index in [0.717, 1.165) is 12.8 Å². The van der Waals surface area contributed by atoms with Crippen LogP contribution in [0.1, 0.15) is 26.7 Å². The molecule has 66 valence electrons. The molecule has 0 aromatic rings. The molecule has 0 fully saturated rings. The van der Waals surface area contributed by atoms with Crippen LogP contribution < -0.4 is 0 Å². The first kappa shape index (κ1) is 10.7. The van der Waals surface area contributed by atoms with Gasteiger partial charge in [-0.25, -0.2) is 4.79 Å². The Morgan fingerprint density at radius 1 is 1.67 bits per heavy atom. The highest BCUT2D eigenvalue weighted by Gasteiger charge is 2.03. The minimum Gasteiger partial charge on any atom is -0.462 e. The van der Waals surface area contributed by atoms with Crippen LogP contribution in [0.15, 0.2) is 11.6 Å². The summed E-state index contributed by atoms with van der Waals surface area (Å²) >= 11 is 0. The molecule has 0 spiro atoms. The number of hydrogen-bond acceptors (Lipinski definition) is 3. The van der Waals surface area contributed by atoms with Gasteiger partial charge >= 0.3 is 5.97 Å². The summed E-state index contributed by atoms with van der Waals surface area (Å²) in [5.74, 6) is -0.398. The summed E-state index contributed by atoms with van der Waals surface area (Å²) in [4.78, 5) is 11.0. The molecule has 0 rings (SSSR count). The van der Waals surface area contributed by atoms with Crippen LogP contribution in [0.5, 0.6) is 0 Å². The lowest BCUT2D eigenvalue weighted by Crippen LogP contribution is -2.06. The van der Waals surface area contributed by atoms with E-state index in [2.05, 4.69) is 0 Å². The summed E-state index contributed by atoms with van der Waals surface area (Å²) < 4.78 is 4.84. The molecule has 0 aliphatic rings.